The van der Waals surface area contributed by atoms with Crippen LogP contribution in [0, 0.1) is 0 Å². The number of hydrogen-bond donors (Lipinski definition) is 2. The van der Waals surface area contributed by atoms with Gasteiger partial charge in [0.15, 0.2) is 5.82 Å². The van der Waals surface area contributed by atoms with Gasteiger partial charge in [0.05, 0.1) is 17.9 Å². The van der Waals surface area contributed by atoms with Gasteiger partial charge >= 0.3 is 0 Å². The number of nitrogens with one attached hydrogen (secondary N) is 1. The molecule has 3 N–H and O–H groups in total. The number of nitrogens with zero attached hydrogens (tertiary/aromatic N) is 2. The van der Waals surface area contributed by atoms with Crippen molar-refractivity contribution < 1.29 is 4.74 Å². The lowest BCUT2D eigenvalue weighted by Crippen LogP contribution is -2.21. The SMILES string of the molecule is CCc1nnc(NCCOC)c(C(N)=S)c1CC. The molecular formula is C12H20N4OS. The molecule has 0 saturated heterocycles. The summed E-state index contributed by atoms with van der Waals surface area (Å²) in [4.78, 5) is 0.358. The highest BCUT2D eigenvalue weighted by atomic mass is 32.1. The van der Waals surface area contributed by atoms with E-state index in [0.29, 0.717) is 24.0 Å². The molecule has 0 aromatic carbocycles. The Bertz CT molecular complexity index is 423. The summed E-state index contributed by atoms with van der Waals surface area (Å²) in [7, 11) is 1.65. The zero-order chi connectivity index (χ0) is 13.5. The number of thiocarbonyl (C=S) groups is 1. The third-order valence-electron chi connectivity index (χ3n) is 2.69. The minimum atomic E-state index is 0.358. The fourth-order valence-electron chi connectivity index (χ4n) is 1.83. The molecule has 0 unspecified atom stereocenters. The van der Waals surface area contributed by atoms with Gasteiger partial charge in [-0.25, -0.2) is 0 Å². The van der Waals surface area contributed by atoms with Crippen LogP contribution in [0.25, 0.3) is 0 Å². The molecule has 0 aliphatic heterocycles. The van der Waals surface area contributed by atoms with Crippen LogP contribution < -0.4 is 11.1 Å². The van der Waals surface area contributed by atoms with Crippen molar-refractivity contribution in [3.63, 3.8) is 0 Å². The lowest BCUT2D eigenvalue weighted by Gasteiger charge is -2.15. The highest BCUT2D eigenvalue weighted by Crippen LogP contribution is 2.20. The minimum absolute atomic E-state index is 0.358. The van der Waals surface area contributed by atoms with Crippen LogP contribution in [0.2, 0.25) is 0 Å². The molecule has 1 heterocycles. The Kier molecular flexibility index (Phi) is 5.94. The molecular weight excluding hydrogens is 248 g/mol. The number of aryl methyl sites for hydroxylation is 1. The van der Waals surface area contributed by atoms with Crippen molar-refractivity contribution in [2.45, 2.75) is 26.7 Å². The number of aromatic nitrogens is 2. The number of ether oxygens (including phenoxy) is 1. The van der Waals surface area contributed by atoms with Crippen molar-refractivity contribution in [3.05, 3.63) is 16.8 Å². The standard InChI is InChI=1S/C12H20N4OS/c1-4-8-9(5-2)15-16-12(10(8)11(13)18)14-6-7-17-3/h4-7H2,1-3H3,(H2,13,18)(H,14,16). The summed E-state index contributed by atoms with van der Waals surface area (Å²) in [5, 5.41) is 11.5. The molecule has 6 heteroatoms. The maximum atomic E-state index is 5.81. The zero-order valence-electron chi connectivity index (χ0n) is 11.1. The van der Waals surface area contributed by atoms with Gasteiger partial charge in [-0.3, -0.25) is 0 Å². The van der Waals surface area contributed by atoms with Crippen molar-refractivity contribution in [1.82, 2.24) is 10.2 Å². The molecule has 0 fully saturated rings. The number of rotatable bonds is 7. The second kappa shape index (κ2) is 7.23. The normalized spacial score (nSPS) is 10.4. The average molecular weight is 268 g/mol. The molecule has 0 saturated carbocycles. The molecule has 0 aliphatic carbocycles. The topological polar surface area (TPSA) is 73.1 Å². The maximum absolute atomic E-state index is 5.81. The summed E-state index contributed by atoms with van der Waals surface area (Å²) >= 11 is 5.13. The van der Waals surface area contributed by atoms with Crippen LogP contribution in [-0.2, 0) is 17.6 Å². The summed E-state index contributed by atoms with van der Waals surface area (Å²) in [6.45, 7) is 5.35. The van der Waals surface area contributed by atoms with E-state index < -0.39 is 0 Å². The Morgan fingerprint density at radius 1 is 1.33 bits per heavy atom. The van der Waals surface area contributed by atoms with Gasteiger partial charge in [0.25, 0.3) is 0 Å². The van der Waals surface area contributed by atoms with Gasteiger partial charge in [-0.05, 0) is 18.4 Å². The van der Waals surface area contributed by atoms with Crippen LogP contribution in [0.15, 0.2) is 0 Å². The Balaban J connectivity index is 3.13. The van der Waals surface area contributed by atoms with Gasteiger partial charge in [-0.2, -0.15) is 5.10 Å². The lowest BCUT2D eigenvalue weighted by molar-refractivity contribution is 0.210. The summed E-state index contributed by atoms with van der Waals surface area (Å²) < 4.78 is 4.99. The van der Waals surface area contributed by atoms with Crippen molar-refractivity contribution in [3.8, 4) is 0 Å². The van der Waals surface area contributed by atoms with Crippen LogP contribution in [0.5, 0.6) is 0 Å². The molecule has 0 bridgehead atoms. The van der Waals surface area contributed by atoms with Gasteiger partial charge in [-0.1, -0.05) is 26.1 Å². The van der Waals surface area contributed by atoms with Crippen LogP contribution >= 0.6 is 12.2 Å². The second-order valence-electron chi connectivity index (χ2n) is 3.84. The minimum Gasteiger partial charge on any atom is -0.389 e. The summed E-state index contributed by atoms with van der Waals surface area (Å²) in [5.74, 6) is 0.647. The van der Waals surface area contributed by atoms with E-state index in [1.54, 1.807) is 7.11 Å². The van der Waals surface area contributed by atoms with E-state index >= 15 is 0 Å². The van der Waals surface area contributed by atoms with Crippen molar-refractivity contribution in [2.75, 3.05) is 25.6 Å². The molecule has 0 amide bonds. The smallest absolute Gasteiger partial charge is 0.159 e. The number of anilines is 1. The third-order valence-corrected chi connectivity index (χ3v) is 2.90. The van der Waals surface area contributed by atoms with E-state index in [0.717, 1.165) is 29.7 Å². The average Bonchev–Trinajstić information content (AvgIpc) is 2.37. The lowest BCUT2D eigenvalue weighted by atomic mass is 10.0. The van der Waals surface area contributed by atoms with E-state index in [1.165, 1.54) is 0 Å². The predicted molar refractivity (Wildman–Crippen MR) is 77.0 cm³/mol. The third kappa shape index (κ3) is 3.36. The number of methoxy groups -OCH3 is 1. The number of nitrogens with two attached hydrogens (primary N) is 1. The van der Waals surface area contributed by atoms with Crippen molar-refractivity contribution in [1.29, 1.82) is 0 Å². The molecule has 1 rings (SSSR count). The molecule has 0 radical (unpaired) electrons. The van der Waals surface area contributed by atoms with Gasteiger partial charge in [0.2, 0.25) is 0 Å². The van der Waals surface area contributed by atoms with Gasteiger partial charge in [-0.15, -0.1) is 5.10 Å². The molecule has 0 spiro atoms. The monoisotopic (exact) mass is 268 g/mol. The fourth-order valence-corrected chi connectivity index (χ4v) is 2.05. The van der Waals surface area contributed by atoms with E-state index in [2.05, 4.69) is 22.4 Å². The van der Waals surface area contributed by atoms with Crippen LogP contribution in [0.1, 0.15) is 30.7 Å². The van der Waals surface area contributed by atoms with E-state index in [-0.39, 0.29) is 0 Å². The van der Waals surface area contributed by atoms with Crippen LogP contribution in [0.4, 0.5) is 5.82 Å². The Hall–Kier alpha value is -1.27. The highest BCUT2D eigenvalue weighted by molar-refractivity contribution is 7.80. The first-order chi connectivity index (χ1) is 8.65. The summed E-state index contributed by atoms with van der Waals surface area (Å²) in [5.41, 5.74) is 8.67. The van der Waals surface area contributed by atoms with E-state index in [9.17, 15) is 0 Å². The largest absolute Gasteiger partial charge is 0.389 e. The molecule has 18 heavy (non-hydrogen) atoms. The Morgan fingerprint density at radius 3 is 2.56 bits per heavy atom. The molecule has 0 atom stereocenters. The van der Waals surface area contributed by atoms with Gasteiger partial charge < -0.3 is 15.8 Å². The molecule has 5 nitrogen and oxygen atoms in total. The summed E-state index contributed by atoms with van der Waals surface area (Å²) in [6, 6.07) is 0. The van der Waals surface area contributed by atoms with Crippen molar-refractivity contribution in [2.24, 2.45) is 5.73 Å². The summed E-state index contributed by atoms with van der Waals surface area (Å²) in [6.07, 6.45) is 1.66. The first-order valence-electron chi connectivity index (χ1n) is 6.06. The Morgan fingerprint density at radius 2 is 2.06 bits per heavy atom. The maximum Gasteiger partial charge on any atom is 0.159 e. The molecule has 1 aromatic rings. The Labute approximate surface area is 113 Å². The quantitative estimate of drug-likeness (QED) is 0.573. The van der Waals surface area contributed by atoms with Crippen LogP contribution in [-0.4, -0.2) is 35.4 Å². The second-order valence-corrected chi connectivity index (χ2v) is 4.28. The number of hydrogen-bond acceptors (Lipinski definition) is 5. The zero-order valence-corrected chi connectivity index (χ0v) is 11.9. The first-order valence-corrected chi connectivity index (χ1v) is 6.47. The van der Waals surface area contributed by atoms with E-state index in [1.807, 2.05) is 6.92 Å². The first kappa shape index (κ1) is 14.8. The van der Waals surface area contributed by atoms with Gasteiger partial charge in [0.1, 0.15) is 4.99 Å². The van der Waals surface area contributed by atoms with Crippen molar-refractivity contribution >= 4 is 23.0 Å². The molecule has 100 valence electrons. The molecule has 1 aromatic heterocycles. The predicted octanol–water partition coefficient (Wildman–Crippen LogP) is 1.29. The van der Waals surface area contributed by atoms with E-state index in [4.69, 9.17) is 22.7 Å². The van der Waals surface area contributed by atoms with Crippen LogP contribution in [0.3, 0.4) is 0 Å². The fraction of sp³-hybridized carbons (Fsp3) is 0.583. The highest BCUT2D eigenvalue weighted by Gasteiger charge is 2.16. The van der Waals surface area contributed by atoms with Gasteiger partial charge in [0, 0.05) is 13.7 Å². The molecule has 0 aliphatic rings.